The van der Waals surface area contributed by atoms with E-state index in [1.807, 2.05) is 20.1 Å². The van der Waals surface area contributed by atoms with Gasteiger partial charge in [0.15, 0.2) is 0 Å². The van der Waals surface area contributed by atoms with Gasteiger partial charge in [-0.15, -0.1) is 0 Å². The van der Waals surface area contributed by atoms with Gasteiger partial charge in [0.1, 0.15) is 10.7 Å². The van der Waals surface area contributed by atoms with Crippen molar-refractivity contribution in [1.82, 2.24) is 4.72 Å². The summed E-state index contributed by atoms with van der Waals surface area (Å²) in [4.78, 5) is -0.218. The van der Waals surface area contributed by atoms with Crippen molar-refractivity contribution < 1.29 is 12.8 Å². The van der Waals surface area contributed by atoms with Crippen molar-refractivity contribution in [2.24, 2.45) is 0 Å². The van der Waals surface area contributed by atoms with Crippen LogP contribution in [-0.2, 0) is 10.0 Å². The van der Waals surface area contributed by atoms with Gasteiger partial charge in [0, 0.05) is 11.3 Å². The molecule has 0 aromatic heterocycles. The van der Waals surface area contributed by atoms with Gasteiger partial charge in [0.25, 0.3) is 0 Å². The number of sulfonamides is 1. The first kappa shape index (κ1) is 16.6. The number of nitrogen functional groups attached to an aromatic ring is 1. The molecular formula is C11H16ClFN2O2S2. The van der Waals surface area contributed by atoms with Crippen LogP contribution in [0.15, 0.2) is 17.0 Å². The average molecular weight is 327 g/mol. The summed E-state index contributed by atoms with van der Waals surface area (Å²) in [6.45, 7) is 4.03. The van der Waals surface area contributed by atoms with Gasteiger partial charge in [-0.05, 0) is 32.2 Å². The largest absolute Gasteiger partial charge is 0.396 e. The lowest BCUT2D eigenvalue weighted by Crippen LogP contribution is -2.36. The maximum absolute atomic E-state index is 13.1. The molecule has 0 aliphatic heterocycles. The molecule has 0 saturated carbocycles. The minimum atomic E-state index is -3.82. The van der Waals surface area contributed by atoms with E-state index >= 15 is 0 Å². The molecule has 8 heteroatoms. The first-order chi connectivity index (χ1) is 8.59. The summed E-state index contributed by atoms with van der Waals surface area (Å²) in [6.07, 6.45) is 1.89. The van der Waals surface area contributed by atoms with Gasteiger partial charge in [-0.1, -0.05) is 11.6 Å². The molecule has 19 heavy (non-hydrogen) atoms. The molecule has 0 amide bonds. The van der Waals surface area contributed by atoms with Crippen molar-refractivity contribution in [2.75, 3.05) is 18.5 Å². The van der Waals surface area contributed by atoms with Gasteiger partial charge in [-0.2, -0.15) is 11.8 Å². The lowest BCUT2D eigenvalue weighted by Gasteiger charge is -2.22. The van der Waals surface area contributed by atoms with Crippen LogP contribution in [0.25, 0.3) is 0 Å². The van der Waals surface area contributed by atoms with Gasteiger partial charge in [-0.3, -0.25) is 0 Å². The van der Waals surface area contributed by atoms with Crippen molar-refractivity contribution in [3.05, 3.63) is 23.0 Å². The molecule has 4 nitrogen and oxygen atoms in total. The fourth-order valence-electron chi connectivity index (χ4n) is 1.17. The third-order valence-electron chi connectivity index (χ3n) is 2.58. The van der Waals surface area contributed by atoms with E-state index in [0.29, 0.717) is 0 Å². The Morgan fingerprint density at radius 2 is 2.05 bits per heavy atom. The molecule has 0 unspecified atom stereocenters. The summed E-state index contributed by atoms with van der Waals surface area (Å²) in [7, 11) is -3.82. The second kappa shape index (κ2) is 5.87. The SMILES string of the molecule is CSC(C)(C)CNS(=O)(=O)c1cc(N)c(F)cc1Cl. The molecule has 0 aliphatic carbocycles. The van der Waals surface area contributed by atoms with Crippen molar-refractivity contribution in [3.63, 3.8) is 0 Å². The molecule has 1 aromatic carbocycles. The van der Waals surface area contributed by atoms with E-state index in [2.05, 4.69) is 4.72 Å². The quantitative estimate of drug-likeness (QED) is 0.815. The predicted molar refractivity (Wildman–Crippen MR) is 78.6 cm³/mol. The van der Waals surface area contributed by atoms with E-state index in [9.17, 15) is 12.8 Å². The molecule has 0 fully saturated rings. The molecule has 1 rings (SSSR count). The maximum Gasteiger partial charge on any atom is 0.242 e. The summed E-state index contributed by atoms with van der Waals surface area (Å²) < 4.78 is 39.5. The summed E-state index contributed by atoms with van der Waals surface area (Å²) in [5, 5.41) is -0.193. The molecule has 0 saturated heterocycles. The van der Waals surface area contributed by atoms with Gasteiger partial charge in [0.05, 0.1) is 10.7 Å². The van der Waals surface area contributed by atoms with Crippen molar-refractivity contribution in [2.45, 2.75) is 23.5 Å². The third-order valence-corrected chi connectivity index (χ3v) is 5.70. The number of hydrogen-bond acceptors (Lipinski definition) is 4. The van der Waals surface area contributed by atoms with Crippen LogP contribution in [0.1, 0.15) is 13.8 Å². The first-order valence-electron chi connectivity index (χ1n) is 5.38. The minimum Gasteiger partial charge on any atom is -0.396 e. The van der Waals surface area contributed by atoms with Crippen LogP contribution in [0, 0.1) is 5.82 Å². The number of thioether (sulfide) groups is 1. The van der Waals surface area contributed by atoms with Crippen molar-refractivity contribution in [1.29, 1.82) is 0 Å². The Morgan fingerprint density at radius 1 is 1.47 bits per heavy atom. The number of halogens is 2. The van der Waals surface area contributed by atoms with E-state index < -0.39 is 15.8 Å². The van der Waals surface area contributed by atoms with Gasteiger partial charge < -0.3 is 5.73 Å². The maximum atomic E-state index is 13.1. The van der Waals surface area contributed by atoms with E-state index in [1.165, 1.54) is 11.8 Å². The Morgan fingerprint density at radius 3 is 2.58 bits per heavy atom. The molecule has 0 atom stereocenters. The van der Waals surface area contributed by atoms with Crippen LogP contribution in [0.4, 0.5) is 10.1 Å². The zero-order valence-corrected chi connectivity index (χ0v) is 13.2. The number of rotatable bonds is 5. The van der Waals surface area contributed by atoms with E-state index in [0.717, 1.165) is 12.1 Å². The molecule has 108 valence electrons. The molecule has 0 spiro atoms. The average Bonchev–Trinajstić information content (AvgIpc) is 2.31. The Kier molecular flexibility index (Phi) is 5.11. The van der Waals surface area contributed by atoms with Gasteiger partial charge in [0.2, 0.25) is 10.0 Å². The van der Waals surface area contributed by atoms with Crippen molar-refractivity contribution in [3.8, 4) is 0 Å². The van der Waals surface area contributed by atoms with Crippen molar-refractivity contribution >= 4 is 39.1 Å². The second-order valence-corrected chi connectivity index (χ2v) is 8.25. The number of nitrogens with one attached hydrogen (secondary N) is 1. The van der Waals surface area contributed by atoms with Crippen LogP contribution < -0.4 is 10.5 Å². The summed E-state index contributed by atoms with van der Waals surface area (Å²) in [5.74, 6) is -0.742. The summed E-state index contributed by atoms with van der Waals surface area (Å²) in [5.41, 5.74) is 5.11. The van der Waals surface area contributed by atoms with Crippen LogP contribution >= 0.6 is 23.4 Å². The third kappa shape index (κ3) is 4.24. The highest BCUT2D eigenvalue weighted by Crippen LogP contribution is 2.27. The number of hydrogen-bond donors (Lipinski definition) is 2. The van der Waals surface area contributed by atoms with Crippen LogP contribution in [0.5, 0.6) is 0 Å². The Bertz CT molecular complexity index is 576. The second-order valence-electron chi connectivity index (χ2n) is 4.59. The Hall–Kier alpha value is -0.500. The van der Waals surface area contributed by atoms with Gasteiger partial charge >= 0.3 is 0 Å². The molecule has 0 heterocycles. The molecule has 0 bridgehead atoms. The zero-order chi connectivity index (χ0) is 14.8. The van der Waals surface area contributed by atoms with Crippen LogP contribution in [-0.4, -0.2) is 26.0 Å². The monoisotopic (exact) mass is 326 g/mol. The molecule has 3 N–H and O–H groups in total. The Balaban J connectivity index is 3.05. The highest BCUT2D eigenvalue weighted by atomic mass is 35.5. The normalized spacial score (nSPS) is 12.7. The smallest absolute Gasteiger partial charge is 0.242 e. The van der Waals surface area contributed by atoms with E-state index in [4.69, 9.17) is 17.3 Å². The van der Waals surface area contributed by atoms with E-state index in [1.54, 1.807) is 0 Å². The topological polar surface area (TPSA) is 72.2 Å². The highest BCUT2D eigenvalue weighted by Gasteiger charge is 2.24. The summed E-state index contributed by atoms with van der Waals surface area (Å²) in [6, 6.07) is 1.91. The standard InChI is InChI=1S/C11H16ClFN2O2S2/c1-11(2,18-3)6-15-19(16,17)10-5-9(14)8(13)4-7(10)12/h4-5,15H,6,14H2,1-3H3. The Labute approximate surface area is 121 Å². The fourth-order valence-corrected chi connectivity index (χ4v) is 3.24. The van der Waals surface area contributed by atoms with E-state index in [-0.39, 0.29) is 26.9 Å². The zero-order valence-electron chi connectivity index (χ0n) is 10.8. The van der Waals surface area contributed by atoms with Crippen LogP contribution in [0.3, 0.4) is 0 Å². The number of benzene rings is 1. The molecular weight excluding hydrogens is 311 g/mol. The lowest BCUT2D eigenvalue weighted by atomic mass is 10.2. The molecule has 0 aliphatic rings. The molecule has 1 aromatic rings. The lowest BCUT2D eigenvalue weighted by molar-refractivity contribution is 0.570. The molecule has 0 radical (unpaired) electrons. The summed E-state index contributed by atoms with van der Waals surface area (Å²) >= 11 is 7.28. The minimum absolute atomic E-state index is 0.193. The number of anilines is 1. The predicted octanol–water partition coefficient (Wildman–Crippen LogP) is 2.48. The first-order valence-corrected chi connectivity index (χ1v) is 8.47. The highest BCUT2D eigenvalue weighted by molar-refractivity contribution is 8.00. The fraction of sp³-hybridized carbons (Fsp3) is 0.455. The van der Waals surface area contributed by atoms with Crippen LogP contribution in [0.2, 0.25) is 5.02 Å². The van der Waals surface area contributed by atoms with Gasteiger partial charge in [-0.25, -0.2) is 17.5 Å². The number of nitrogens with two attached hydrogens (primary N) is 1.